The summed E-state index contributed by atoms with van der Waals surface area (Å²) < 4.78 is 6.50. The van der Waals surface area contributed by atoms with E-state index in [9.17, 15) is 24.6 Å². The molecule has 8 nitrogen and oxygen atoms in total. The normalized spacial score (nSPS) is 30.3. The third-order valence-electron chi connectivity index (χ3n) is 8.44. The van der Waals surface area contributed by atoms with Crippen molar-refractivity contribution in [3.63, 3.8) is 0 Å². The van der Waals surface area contributed by atoms with Gasteiger partial charge in [-0.05, 0) is 43.9 Å². The fourth-order valence-corrected chi connectivity index (χ4v) is 7.24. The largest absolute Gasteiger partial charge is 0.481 e. The number of nitrogens with zero attached hydrogens (tertiary/aromatic N) is 2. The van der Waals surface area contributed by atoms with Gasteiger partial charge in [-0.3, -0.25) is 14.4 Å². The van der Waals surface area contributed by atoms with Crippen LogP contribution in [0.3, 0.4) is 0 Å². The molecule has 2 N–H and O–H groups in total. The Morgan fingerprint density at radius 3 is 2.55 bits per heavy atom. The maximum absolute atomic E-state index is 14.7. The first-order valence-electron chi connectivity index (χ1n) is 12.7. The third-order valence-corrected chi connectivity index (χ3v) is 8.75. The Kier molecular flexibility index (Phi) is 6.62. The van der Waals surface area contributed by atoms with Crippen molar-refractivity contribution < 1.29 is 29.3 Å². The summed E-state index contributed by atoms with van der Waals surface area (Å²) in [7, 11) is 0. The zero-order chi connectivity index (χ0) is 27.4. The second-order valence-electron chi connectivity index (χ2n) is 10.6. The van der Waals surface area contributed by atoms with Gasteiger partial charge in [0.2, 0.25) is 5.91 Å². The summed E-state index contributed by atoms with van der Waals surface area (Å²) in [6.07, 6.45) is 2.31. The summed E-state index contributed by atoms with van der Waals surface area (Å²) in [5.41, 5.74) is -0.564. The van der Waals surface area contributed by atoms with Crippen LogP contribution >= 0.6 is 11.6 Å². The third kappa shape index (κ3) is 3.69. The number of carbonyl (C=O) groups excluding carboxylic acids is 2. The highest BCUT2D eigenvalue weighted by molar-refractivity contribution is 6.34. The highest BCUT2D eigenvalue weighted by Gasteiger charge is 2.79. The molecule has 2 amide bonds. The van der Waals surface area contributed by atoms with Gasteiger partial charge in [0.15, 0.2) is 0 Å². The number of carboxylic acid groups (broad SMARTS) is 1. The average Bonchev–Trinajstić information content (AvgIpc) is 3.45. The zero-order valence-electron chi connectivity index (χ0n) is 21.3. The first-order chi connectivity index (χ1) is 18.1. The van der Waals surface area contributed by atoms with Crippen molar-refractivity contribution in [2.24, 2.45) is 11.8 Å². The average molecular weight is 539 g/mol. The molecule has 38 heavy (non-hydrogen) atoms. The SMILES string of the molecule is C=CCN(C(=O)C1N([C@H](CO)c2ccccc2)C(=O)[C@@H]2[C@H](C(=O)O)[C@]3(C)CCC12O3)c1c(C)cccc1Cl. The van der Waals surface area contributed by atoms with Gasteiger partial charge in [0.1, 0.15) is 11.6 Å². The van der Waals surface area contributed by atoms with E-state index in [0.29, 0.717) is 29.1 Å². The quantitative estimate of drug-likeness (QED) is 0.496. The van der Waals surface area contributed by atoms with Gasteiger partial charge >= 0.3 is 5.97 Å². The minimum absolute atomic E-state index is 0.109. The molecule has 2 aromatic rings. The first-order valence-corrected chi connectivity index (χ1v) is 13.1. The second kappa shape index (κ2) is 9.52. The van der Waals surface area contributed by atoms with Crippen LogP contribution in [0.1, 0.15) is 36.9 Å². The maximum atomic E-state index is 14.7. The molecule has 3 saturated heterocycles. The molecule has 6 atom stereocenters. The summed E-state index contributed by atoms with van der Waals surface area (Å²) in [5.74, 6) is -4.28. The summed E-state index contributed by atoms with van der Waals surface area (Å²) >= 11 is 6.58. The number of rotatable bonds is 8. The van der Waals surface area contributed by atoms with Crippen molar-refractivity contribution in [1.29, 1.82) is 0 Å². The zero-order valence-corrected chi connectivity index (χ0v) is 22.1. The topological polar surface area (TPSA) is 107 Å². The maximum Gasteiger partial charge on any atom is 0.310 e. The lowest BCUT2D eigenvalue weighted by Gasteiger charge is -2.40. The Morgan fingerprint density at radius 2 is 1.95 bits per heavy atom. The van der Waals surface area contributed by atoms with E-state index in [1.807, 2.05) is 19.1 Å². The summed E-state index contributed by atoms with van der Waals surface area (Å²) in [4.78, 5) is 44.2. The lowest BCUT2D eigenvalue weighted by atomic mass is 9.66. The van der Waals surface area contributed by atoms with Crippen molar-refractivity contribution in [1.82, 2.24) is 4.90 Å². The van der Waals surface area contributed by atoms with E-state index in [2.05, 4.69) is 6.58 Å². The van der Waals surface area contributed by atoms with Gasteiger partial charge in [0.05, 0.1) is 40.8 Å². The molecule has 0 saturated carbocycles. The number of aliphatic hydroxyl groups is 1. The van der Waals surface area contributed by atoms with Crippen LogP contribution in [0.2, 0.25) is 5.02 Å². The monoisotopic (exact) mass is 538 g/mol. The molecule has 2 bridgehead atoms. The van der Waals surface area contributed by atoms with Crippen LogP contribution in [0, 0.1) is 18.8 Å². The first kappa shape index (κ1) is 26.4. The number of fused-ring (bicyclic) bond motifs is 1. The fourth-order valence-electron chi connectivity index (χ4n) is 6.92. The molecule has 0 aromatic heterocycles. The van der Waals surface area contributed by atoms with Crippen LogP contribution in [0.15, 0.2) is 61.2 Å². The van der Waals surface area contributed by atoms with Gasteiger partial charge in [-0.25, -0.2) is 0 Å². The number of aliphatic carboxylic acids is 1. The Labute approximate surface area is 226 Å². The highest BCUT2D eigenvalue weighted by Crippen LogP contribution is 2.64. The molecule has 9 heteroatoms. The number of carboxylic acids is 1. The predicted molar refractivity (Wildman–Crippen MR) is 142 cm³/mol. The number of ether oxygens (including phenoxy) is 1. The molecule has 0 radical (unpaired) electrons. The Hall–Kier alpha value is -3.20. The summed E-state index contributed by atoms with van der Waals surface area (Å²) in [5, 5.41) is 21.1. The molecule has 0 aliphatic carbocycles. The fraction of sp³-hybridized carbons (Fsp3) is 0.414. The lowest BCUT2D eigenvalue weighted by molar-refractivity contribution is -0.155. The Bertz CT molecular complexity index is 1280. The Balaban J connectivity index is 1.70. The number of halogens is 1. The smallest absolute Gasteiger partial charge is 0.310 e. The molecular formula is C29H31ClN2O6. The van der Waals surface area contributed by atoms with Crippen molar-refractivity contribution in [3.8, 4) is 0 Å². The van der Waals surface area contributed by atoms with E-state index < -0.39 is 59.5 Å². The number of anilines is 1. The predicted octanol–water partition coefficient (Wildman–Crippen LogP) is 3.75. The number of aliphatic hydroxyl groups excluding tert-OH is 1. The lowest BCUT2D eigenvalue weighted by Crippen LogP contribution is -2.57. The van der Waals surface area contributed by atoms with Gasteiger partial charge in [-0.15, -0.1) is 6.58 Å². The van der Waals surface area contributed by atoms with Crippen LogP contribution in [-0.4, -0.2) is 63.3 Å². The van der Waals surface area contributed by atoms with Crippen molar-refractivity contribution in [2.75, 3.05) is 18.1 Å². The molecule has 3 aliphatic rings. The van der Waals surface area contributed by atoms with Gasteiger partial charge < -0.3 is 24.7 Å². The number of carbonyl (C=O) groups is 3. The molecule has 3 fully saturated rings. The minimum atomic E-state index is -1.36. The van der Waals surface area contributed by atoms with Crippen LogP contribution in [-0.2, 0) is 19.1 Å². The Morgan fingerprint density at radius 1 is 1.24 bits per heavy atom. The minimum Gasteiger partial charge on any atom is -0.481 e. The molecular weight excluding hydrogens is 508 g/mol. The number of para-hydroxylation sites is 1. The summed E-state index contributed by atoms with van der Waals surface area (Å²) in [6.45, 7) is 7.02. The van der Waals surface area contributed by atoms with E-state index in [1.54, 1.807) is 49.4 Å². The van der Waals surface area contributed by atoms with Gasteiger partial charge in [0, 0.05) is 6.54 Å². The van der Waals surface area contributed by atoms with E-state index in [-0.39, 0.29) is 6.54 Å². The molecule has 3 aliphatic heterocycles. The van der Waals surface area contributed by atoms with Crippen LogP contribution in [0.25, 0.3) is 0 Å². The number of aryl methyl sites for hydroxylation is 1. The molecule has 1 spiro atoms. The number of likely N-dealkylation sites (tertiary alicyclic amines) is 1. The molecule has 200 valence electrons. The van der Waals surface area contributed by atoms with E-state index in [0.717, 1.165) is 5.56 Å². The number of hydrogen-bond donors (Lipinski definition) is 2. The van der Waals surface area contributed by atoms with Crippen molar-refractivity contribution in [2.45, 2.75) is 50.0 Å². The highest BCUT2D eigenvalue weighted by atomic mass is 35.5. The standard InChI is InChI=1S/C29H31ClN2O6/c1-4-15-31(23-17(2)9-8-12-19(23)30)26(35)24-29-14-13-28(3,38-29)22(27(36)37)21(29)25(34)32(24)20(16-33)18-10-6-5-7-11-18/h4-12,20-22,24,33H,1,13-16H2,2-3H3,(H,36,37)/t20-,21+,22-,24?,28+,29?/m1/s1. The van der Waals surface area contributed by atoms with Crippen molar-refractivity contribution >= 4 is 35.1 Å². The number of amides is 2. The van der Waals surface area contributed by atoms with Gasteiger partial charge in [0.25, 0.3) is 5.91 Å². The van der Waals surface area contributed by atoms with Crippen LogP contribution in [0.5, 0.6) is 0 Å². The van der Waals surface area contributed by atoms with Crippen LogP contribution < -0.4 is 4.90 Å². The van der Waals surface area contributed by atoms with Gasteiger partial charge in [-0.1, -0.05) is 60.1 Å². The molecule has 2 aromatic carbocycles. The van der Waals surface area contributed by atoms with Gasteiger partial charge in [-0.2, -0.15) is 0 Å². The van der Waals surface area contributed by atoms with Crippen molar-refractivity contribution in [3.05, 3.63) is 77.3 Å². The van der Waals surface area contributed by atoms with E-state index in [4.69, 9.17) is 16.3 Å². The number of benzene rings is 2. The van der Waals surface area contributed by atoms with E-state index >= 15 is 0 Å². The number of hydrogen-bond acceptors (Lipinski definition) is 5. The van der Waals surface area contributed by atoms with Crippen LogP contribution in [0.4, 0.5) is 5.69 Å². The molecule has 3 heterocycles. The summed E-state index contributed by atoms with van der Waals surface area (Å²) in [6, 6.07) is 12.2. The van der Waals surface area contributed by atoms with E-state index in [1.165, 1.54) is 9.80 Å². The molecule has 2 unspecified atom stereocenters. The second-order valence-corrected chi connectivity index (χ2v) is 11.0. The molecule has 5 rings (SSSR count).